The molecule has 0 spiro atoms. The molecule has 5 heteroatoms. The quantitative estimate of drug-likeness (QED) is 0.878. The van der Waals surface area contributed by atoms with E-state index in [1.807, 2.05) is 18.2 Å². The molecule has 3 rings (SSSR count). The van der Waals surface area contributed by atoms with Gasteiger partial charge in [-0.1, -0.05) is 23.7 Å². The van der Waals surface area contributed by atoms with Crippen LogP contribution in [-0.4, -0.2) is 17.9 Å². The monoisotopic (exact) mass is 300 g/mol. The summed E-state index contributed by atoms with van der Waals surface area (Å²) in [4.78, 5) is 26.3. The number of benzene rings is 2. The molecule has 1 aliphatic heterocycles. The van der Waals surface area contributed by atoms with Gasteiger partial charge in [-0.05, 0) is 43.3 Å². The van der Waals surface area contributed by atoms with Gasteiger partial charge in [0, 0.05) is 10.6 Å². The van der Waals surface area contributed by atoms with Crippen LogP contribution in [0.4, 0.5) is 11.4 Å². The molecule has 1 atom stereocenters. The first-order valence-electron chi connectivity index (χ1n) is 6.57. The highest BCUT2D eigenvalue weighted by molar-refractivity contribution is 6.30. The van der Waals surface area contributed by atoms with Crippen molar-refractivity contribution < 1.29 is 9.59 Å². The number of nitrogens with zero attached hydrogens (tertiary/aromatic N) is 1. The van der Waals surface area contributed by atoms with Crippen LogP contribution in [0.2, 0.25) is 5.02 Å². The molecule has 0 radical (unpaired) electrons. The normalized spacial score (nSPS) is 17.1. The van der Waals surface area contributed by atoms with Gasteiger partial charge in [0.25, 0.3) is 5.91 Å². The number of anilines is 2. The second-order valence-corrected chi connectivity index (χ2v) is 5.30. The summed E-state index contributed by atoms with van der Waals surface area (Å²) < 4.78 is 0. The highest BCUT2D eigenvalue weighted by atomic mass is 35.5. The first-order chi connectivity index (χ1) is 10.1. The molecule has 0 aliphatic carbocycles. The number of halogens is 1. The van der Waals surface area contributed by atoms with E-state index in [2.05, 4.69) is 5.32 Å². The smallest absolute Gasteiger partial charge is 0.259 e. The van der Waals surface area contributed by atoms with Gasteiger partial charge in [-0.25, -0.2) is 0 Å². The average Bonchev–Trinajstić information content (AvgIpc) is 2.49. The molecule has 1 heterocycles. The fourth-order valence-electron chi connectivity index (χ4n) is 2.37. The number of rotatable bonds is 1. The molecule has 0 saturated heterocycles. The molecule has 1 N–H and O–H groups in total. The molecule has 4 nitrogen and oxygen atoms in total. The second kappa shape index (κ2) is 5.22. The van der Waals surface area contributed by atoms with Crippen LogP contribution in [0.3, 0.4) is 0 Å². The number of amides is 2. The molecular weight excluding hydrogens is 288 g/mol. The van der Waals surface area contributed by atoms with Crippen LogP contribution in [0.25, 0.3) is 0 Å². The summed E-state index contributed by atoms with van der Waals surface area (Å²) in [6, 6.07) is 13.3. The van der Waals surface area contributed by atoms with E-state index in [-0.39, 0.29) is 11.8 Å². The van der Waals surface area contributed by atoms with Crippen molar-refractivity contribution in [1.82, 2.24) is 0 Å². The van der Waals surface area contributed by atoms with E-state index >= 15 is 0 Å². The standard InChI is InChI=1S/C16H13ClN2O2/c1-10-15(20)18-13-4-2-3-5-14(13)19(10)16(21)11-6-8-12(17)9-7-11/h2-10H,1H3,(H,18,20)/t10-/m0/s1. The molecular formula is C16H13ClN2O2. The molecule has 2 aromatic carbocycles. The summed E-state index contributed by atoms with van der Waals surface area (Å²) in [6.07, 6.45) is 0. The van der Waals surface area contributed by atoms with Crippen molar-refractivity contribution in [2.45, 2.75) is 13.0 Å². The van der Waals surface area contributed by atoms with E-state index in [4.69, 9.17) is 11.6 Å². The lowest BCUT2D eigenvalue weighted by Gasteiger charge is -2.34. The zero-order chi connectivity index (χ0) is 15.0. The minimum absolute atomic E-state index is 0.198. The Kier molecular flexibility index (Phi) is 3.39. The third kappa shape index (κ3) is 2.38. The number of hydrogen-bond acceptors (Lipinski definition) is 2. The lowest BCUT2D eigenvalue weighted by molar-refractivity contribution is -0.117. The summed E-state index contributed by atoms with van der Waals surface area (Å²) in [7, 11) is 0. The van der Waals surface area contributed by atoms with Gasteiger partial charge in [0.1, 0.15) is 6.04 Å². The van der Waals surface area contributed by atoms with Gasteiger partial charge in [0.2, 0.25) is 5.91 Å². The van der Waals surface area contributed by atoms with Crippen LogP contribution in [0.5, 0.6) is 0 Å². The summed E-state index contributed by atoms with van der Waals surface area (Å²) in [6.45, 7) is 1.71. The summed E-state index contributed by atoms with van der Waals surface area (Å²) in [5.41, 5.74) is 1.84. The number of nitrogens with one attached hydrogen (secondary N) is 1. The molecule has 21 heavy (non-hydrogen) atoms. The van der Waals surface area contributed by atoms with Crippen molar-refractivity contribution in [1.29, 1.82) is 0 Å². The van der Waals surface area contributed by atoms with Gasteiger partial charge in [0.15, 0.2) is 0 Å². The van der Waals surface area contributed by atoms with Crippen LogP contribution in [-0.2, 0) is 4.79 Å². The van der Waals surface area contributed by atoms with E-state index in [1.165, 1.54) is 4.90 Å². The molecule has 1 aliphatic rings. The van der Waals surface area contributed by atoms with Crippen molar-refractivity contribution >= 4 is 34.8 Å². The summed E-state index contributed by atoms with van der Waals surface area (Å²) in [5.74, 6) is -0.419. The molecule has 0 bridgehead atoms. The lowest BCUT2D eigenvalue weighted by Crippen LogP contribution is -2.49. The van der Waals surface area contributed by atoms with Gasteiger partial charge in [-0.3, -0.25) is 14.5 Å². The Morgan fingerprint density at radius 2 is 1.81 bits per heavy atom. The summed E-state index contributed by atoms with van der Waals surface area (Å²) >= 11 is 5.85. The molecule has 2 amide bonds. The Hall–Kier alpha value is -2.33. The SMILES string of the molecule is C[C@H]1C(=O)Nc2ccccc2N1C(=O)c1ccc(Cl)cc1. The molecule has 0 unspecified atom stereocenters. The average molecular weight is 301 g/mol. The van der Waals surface area contributed by atoms with Crippen molar-refractivity contribution in [3.05, 3.63) is 59.1 Å². The van der Waals surface area contributed by atoms with Gasteiger partial charge >= 0.3 is 0 Å². The van der Waals surface area contributed by atoms with E-state index in [9.17, 15) is 9.59 Å². The topological polar surface area (TPSA) is 49.4 Å². The van der Waals surface area contributed by atoms with E-state index < -0.39 is 6.04 Å². The highest BCUT2D eigenvalue weighted by Crippen LogP contribution is 2.32. The van der Waals surface area contributed by atoms with Crippen molar-refractivity contribution in [2.75, 3.05) is 10.2 Å². The van der Waals surface area contributed by atoms with Gasteiger partial charge in [0.05, 0.1) is 11.4 Å². The highest BCUT2D eigenvalue weighted by Gasteiger charge is 2.33. The zero-order valence-electron chi connectivity index (χ0n) is 11.3. The largest absolute Gasteiger partial charge is 0.322 e. The number of carbonyl (C=O) groups excluding carboxylic acids is 2. The molecule has 2 aromatic rings. The first-order valence-corrected chi connectivity index (χ1v) is 6.95. The number of carbonyl (C=O) groups is 2. The minimum atomic E-state index is -0.567. The van der Waals surface area contributed by atoms with Crippen LogP contribution in [0, 0.1) is 0 Å². The Morgan fingerprint density at radius 3 is 2.52 bits per heavy atom. The Labute approximate surface area is 127 Å². The fraction of sp³-hybridized carbons (Fsp3) is 0.125. The lowest BCUT2D eigenvalue weighted by atomic mass is 10.1. The minimum Gasteiger partial charge on any atom is -0.322 e. The van der Waals surface area contributed by atoms with Crippen LogP contribution in [0.15, 0.2) is 48.5 Å². The molecule has 0 fully saturated rings. The van der Waals surface area contributed by atoms with E-state index in [0.29, 0.717) is 22.0 Å². The Balaban J connectivity index is 2.05. The fourth-order valence-corrected chi connectivity index (χ4v) is 2.50. The maximum Gasteiger partial charge on any atom is 0.259 e. The van der Waals surface area contributed by atoms with Crippen molar-refractivity contribution in [3.63, 3.8) is 0 Å². The zero-order valence-corrected chi connectivity index (χ0v) is 12.1. The van der Waals surface area contributed by atoms with Crippen molar-refractivity contribution in [2.24, 2.45) is 0 Å². The maximum atomic E-state index is 12.7. The second-order valence-electron chi connectivity index (χ2n) is 4.86. The number of para-hydroxylation sites is 2. The van der Waals surface area contributed by atoms with E-state index in [0.717, 1.165) is 0 Å². The number of hydrogen-bond donors (Lipinski definition) is 1. The number of fused-ring (bicyclic) bond motifs is 1. The van der Waals surface area contributed by atoms with E-state index in [1.54, 1.807) is 37.3 Å². The first kappa shape index (κ1) is 13.6. The maximum absolute atomic E-state index is 12.7. The van der Waals surface area contributed by atoms with Crippen LogP contribution < -0.4 is 10.2 Å². The van der Waals surface area contributed by atoms with Crippen molar-refractivity contribution in [3.8, 4) is 0 Å². The Bertz CT molecular complexity index is 712. The predicted molar refractivity (Wildman–Crippen MR) is 82.8 cm³/mol. The molecule has 0 saturated carbocycles. The third-order valence-electron chi connectivity index (χ3n) is 3.50. The molecule has 106 valence electrons. The Morgan fingerprint density at radius 1 is 1.14 bits per heavy atom. The summed E-state index contributed by atoms with van der Waals surface area (Å²) in [5, 5.41) is 3.37. The van der Waals surface area contributed by atoms with Gasteiger partial charge < -0.3 is 5.32 Å². The van der Waals surface area contributed by atoms with Crippen LogP contribution in [0.1, 0.15) is 17.3 Å². The van der Waals surface area contributed by atoms with Gasteiger partial charge in [-0.15, -0.1) is 0 Å². The third-order valence-corrected chi connectivity index (χ3v) is 3.75. The predicted octanol–water partition coefficient (Wildman–Crippen LogP) is 3.33. The van der Waals surface area contributed by atoms with Crippen LogP contribution >= 0.6 is 11.6 Å². The van der Waals surface area contributed by atoms with Gasteiger partial charge in [-0.2, -0.15) is 0 Å². The molecule has 0 aromatic heterocycles.